The highest BCUT2D eigenvalue weighted by Gasteiger charge is 2.60. The Morgan fingerprint density at radius 3 is 2.28 bits per heavy atom. The second-order valence-electron chi connectivity index (χ2n) is 14.5. The van der Waals surface area contributed by atoms with Gasteiger partial charge >= 0.3 is 0 Å². The number of fused-ring (bicyclic) bond motifs is 1. The first kappa shape index (κ1) is 32.0. The molecule has 0 unspecified atom stereocenters. The van der Waals surface area contributed by atoms with Crippen LogP contribution in [0.1, 0.15) is 72.5 Å². The van der Waals surface area contributed by atoms with Gasteiger partial charge in [0.25, 0.3) is 0 Å². The Kier molecular flexibility index (Phi) is 8.34. The molecule has 0 radical (unpaired) electrons. The number of aromatic nitrogens is 1. The second-order valence-corrected chi connectivity index (χ2v) is 14.5. The highest BCUT2D eigenvalue weighted by Crippen LogP contribution is 2.67. The van der Waals surface area contributed by atoms with Crippen molar-refractivity contribution in [2.75, 3.05) is 25.5 Å². The molecule has 2 heterocycles. The van der Waals surface area contributed by atoms with Crippen LogP contribution >= 0.6 is 0 Å². The zero-order chi connectivity index (χ0) is 33.0. The molecule has 0 bridgehead atoms. The van der Waals surface area contributed by atoms with E-state index in [-0.39, 0.29) is 41.4 Å². The van der Waals surface area contributed by atoms with Gasteiger partial charge in [-0.15, -0.1) is 0 Å². The summed E-state index contributed by atoms with van der Waals surface area (Å²) >= 11 is 0. The number of halogens is 1. The van der Waals surface area contributed by atoms with Crippen LogP contribution in [0.4, 0.5) is 10.1 Å². The fourth-order valence-corrected chi connectivity index (χ4v) is 8.19. The van der Waals surface area contributed by atoms with Crippen LogP contribution in [0.5, 0.6) is 0 Å². The lowest BCUT2D eigenvalue weighted by molar-refractivity contribution is -0.150. The SMILES string of the molecule is Cc1cc(C)c(NC(=O)C2(N(Cc3ccccc3F)C(=O)C[C@@H]3[C@@H](c4c(C)[nH]c5ccccc45)C3(C)C)CCN(C)CC2)c(C)c1. The third-order valence-corrected chi connectivity index (χ3v) is 11.0. The van der Waals surface area contributed by atoms with E-state index in [2.05, 4.69) is 66.3 Å². The molecule has 4 aromatic rings. The molecule has 2 aliphatic rings. The van der Waals surface area contributed by atoms with Crippen LogP contribution in [-0.2, 0) is 16.1 Å². The molecule has 1 aliphatic carbocycles. The number of piperidine rings is 1. The number of aromatic amines is 1. The number of rotatable bonds is 8. The maximum absolute atomic E-state index is 15.2. The summed E-state index contributed by atoms with van der Waals surface area (Å²) in [4.78, 5) is 36.9. The summed E-state index contributed by atoms with van der Waals surface area (Å²) in [5.74, 6) is -0.372. The molecule has 1 saturated heterocycles. The molecular formula is C39H47FN4O2. The predicted molar refractivity (Wildman–Crippen MR) is 183 cm³/mol. The van der Waals surface area contributed by atoms with Gasteiger partial charge in [0.15, 0.2) is 0 Å². The normalized spacial score (nSPS) is 20.4. The van der Waals surface area contributed by atoms with E-state index in [0.717, 1.165) is 33.6 Å². The molecule has 3 aromatic carbocycles. The van der Waals surface area contributed by atoms with Crippen LogP contribution in [0.15, 0.2) is 60.7 Å². The van der Waals surface area contributed by atoms with Crippen molar-refractivity contribution >= 4 is 28.4 Å². The fourth-order valence-electron chi connectivity index (χ4n) is 8.19. The van der Waals surface area contributed by atoms with Gasteiger partial charge < -0.3 is 20.1 Å². The zero-order valence-electron chi connectivity index (χ0n) is 28.3. The molecule has 2 atom stereocenters. The summed E-state index contributed by atoms with van der Waals surface area (Å²) in [5.41, 5.74) is 6.58. The molecule has 1 aliphatic heterocycles. The van der Waals surface area contributed by atoms with Crippen molar-refractivity contribution in [1.82, 2.24) is 14.8 Å². The van der Waals surface area contributed by atoms with E-state index in [1.807, 2.05) is 33.9 Å². The smallest absolute Gasteiger partial charge is 0.250 e. The molecule has 1 aromatic heterocycles. The Balaban J connectivity index is 1.38. The molecule has 0 spiro atoms. The van der Waals surface area contributed by atoms with Gasteiger partial charge in [0.05, 0.1) is 0 Å². The standard InChI is InChI=1S/C39H47FN4O2/c1-24-20-25(2)36(26(3)21-24)42-37(46)39(16-18-43(7)19-17-39)44(23-28-12-8-10-14-31(28)40)33(45)22-30-35(38(30,5)6)34-27(4)41-32-15-11-9-13-29(32)34/h8-15,20-21,30,35,41H,16-19,22-23H2,1-7H3,(H,42,46)/t30-,35+/m1/s1. The van der Waals surface area contributed by atoms with E-state index >= 15 is 4.39 Å². The third kappa shape index (κ3) is 5.63. The Morgan fingerprint density at radius 2 is 1.61 bits per heavy atom. The van der Waals surface area contributed by atoms with Gasteiger partial charge in [0, 0.05) is 53.9 Å². The second kappa shape index (κ2) is 12.0. The maximum Gasteiger partial charge on any atom is 0.250 e. The number of nitrogens with zero attached hydrogens (tertiary/aromatic N) is 2. The number of amides is 2. The summed E-state index contributed by atoms with van der Waals surface area (Å²) in [5, 5.41) is 4.46. The lowest BCUT2D eigenvalue weighted by Gasteiger charge is -2.47. The number of H-pyrrole nitrogens is 1. The fraction of sp³-hybridized carbons (Fsp3) is 0.436. The first-order valence-corrected chi connectivity index (χ1v) is 16.5. The molecular weight excluding hydrogens is 575 g/mol. The maximum atomic E-state index is 15.2. The number of para-hydroxylation sites is 1. The van der Waals surface area contributed by atoms with Crippen LogP contribution in [0.2, 0.25) is 0 Å². The summed E-state index contributed by atoms with van der Waals surface area (Å²) in [7, 11) is 2.04. The van der Waals surface area contributed by atoms with Gasteiger partial charge in [-0.1, -0.05) is 67.9 Å². The molecule has 1 saturated carbocycles. The van der Waals surface area contributed by atoms with Gasteiger partial charge in [-0.05, 0) is 93.7 Å². The molecule has 6 rings (SSSR count). The number of benzene rings is 3. The van der Waals surface area contributed by atoms with E-state index < -0.39 is 5.54 Å². The van der Waals surface area contributed by atoms with E-state index in [0.29, 0.717) is 37.9 Å². The van der Waals surface area contributed by atoms with Crippen LogP contribution in [0.25, 0.3) is 10.9 Å². The Labute approximate surface area is 272 Å². The minimum Gasteiger partial charge on any atom is -0.358 e. The molecule has 2 N–H and O–H groups in total. The number of anilines is 1. The summed E-state index contributed by atoms with van der Waals surface area (Å²) in [6, 6.07) is 19.1. The number of likely N-dealkylation sites (tertiary alicyclic amines) is 1. The minimum absolute atomic E-state index is 0.0401. The first-order chi connectivity index (χ1) is 21.8. The van der Waals surface area contributed by atoms with Crippen molar-refractivity contribution in [3.8, 4) is 0 Å². The van der Waals surface area contributed by atoms with E-state index in [9.17, 15) is 9.59 Å². The number of carbonyl (C=O) groups excluding carboxylic acids is 2. The van der Waals surface area contributed by atoms with Gasteiger partial charge in [-0.25, -0.2) is 4.39 Å². The first-order valence-electron chi connectivity index (χ1n) is 16.5. The van der Waals surface area contributed by atoms with Crippen molar-refractivity contribution in [2.24, 2.45) is 11.3 Å². The molecule has 6 nitrogen and oxygen atoms in total. The largest absolute Gasteiger partial charge is 0.358 e. The summed E-state index contributed by atoms with van der Waals surface area (Å²) in [6.45, 7) is 14.0. The van der Waals surface area contributed by atoms with Gasteiger partial charge in [0.2, 0.25) is 11.8 Å². The van der Waals surface area contributed by atoms with Crippen LogP contribution in [0, 0.1) is 44.8 Å². The number of hydrogen-bond donors (Lipinski definition) is 2. The van der Waals surface area contributed by atoms with Crippen LogP contribution in [0.3, 0.4) is 0 Å². The molecule has 2 fully saturated rings. The summed E-state index contributed by atoms with van der Waals surface area (Å²) in [6.07, 6.45) is 1.23. The molecule has 46 heavy (non-hydrogen) atoms. The van der Waals surface area contributed by atoms with Crippen LogP contribution in [-0.4, -0.2) is 52.3 Å². The van der Waals surface area contributed by atoms with Gasteiger partial charge in [0.1, 0.15) is 11.4 Å². The van der Waals surface area contributed by atoms with Crippen molar-refractivity contribution in [3.63, 3.8) is 0 Å². The lowest BCUT2D eigenvalue weighted by Crippen LogP contribution is -2.63. The highest BCUT2D eigenvalue weighted by atomic mass is 19.1. The summed E-state index contributed by atoms with van der Waals surface area (Å²) < 4.78 is 15.2. The Hall–Kier alpha value is -3.97. The van der Waals surface area contributed by atoms with Crippen molar-refractivity contribution in [3.05, 3.63) is 100.0 Å². The Bertz CT molecular complexity index is 1780. The number of nitrogens with one attached hydrogen (secondary N) is 2. The van der Waals surface area contributed by atoms with Crippen LogP contribution < -0.4 is 5.32 Å². The highest BCUT2D eigenvalue weighted by molar-refractivity contribution is 6.02. The van der Waals surface area contributed by atoms with E-state index in [4.69, 9.17) is 0 Å². The van der Waals surface area contributed by atoms with Crippen molar-refractivity contribution in [1.29, 1.82) is 0 Å². The minimum atomic E-state index is -1.12. The topological polar surface area (TPSA) is 68.4 Å². The zero-order valence-corrected chi connectivity index (χ0v) is 28.3. The number of hydrogen-bond acceptors (Lipinski definition) is 3. The third-order valence-electron chi connectivity index (χ3n) is 11.0. The Morgan fingerprint density at radius 1 is 0.978 bits per heavy atom. The van der Waals surface area contributed by atoms with Crippen molar-refractivity contribution in [2.45, 2.75) is 78.8 Å². The predicted octanol–water partition coefficient (Wildman–Crippen LogP) is 7.80. The quantitative estimate of drug-likeness (QED) is 0.211. The molecule has 242 valence electrons. The monoisotopic (exact) mass is 622 g/mol. The number of aryl methyl sites for hydroxylation is 4. The van der Waals surface area contributed by atoms with Crippen molar-refractivity contribution < 1.29 is 14.0 Å². The average Bonchev–Trinajstić information content (AvgIpc) is 3.35. The average molecular weight is 623 g/mol. The van der Waals surface area contributed by atoms with E-state index in [1.54, 1.807) is 23.1 Å². The lowest BCUT2D eigenvalue weighted by atomic mass is 9.83. The van der Waals surface area contributed by atoms with E-state index in [1.165, 1.54) is 17.0 Å². The molecule has 2 amide bonds. The van der Waals surface area contributed by atoms with Gasteiger partial charge in [-0.3, -0.25) is 9.59 Å². The molecule has 7 heteroatoms. The van der Waals surface area contributed by atoms with Gasteiger partial charge in [-0.2, -0.15) is 0 Å². The number of carbonyl (C=O) groups is 2.